The quantitative estimate of drug-likeness (QED) is 0.791. The van der Waals surface area contributed by atoms with E-state index in [-0.39, 0.29) is 12.2 Å². The van der Waals surface area contributed by atoms with Crippen LogP contribution in [0.4, 0.5) is 0 Å². The minimum atomic E-state index is -0.850. The van der Waals surface area contributed by atoms with Gasteiger partial charge in [-0.05, 0) is 12.1 Å². The molecule has 2 aromatic rings. The number of hydrogen-bond acceptors (Lipinski definition) is 3. The number of aliphatic carboxylic acids is 1. The van der Waals surface area contributed by atoms with Crippen LogP contribution in [0.25, 0.3) is 11.0 Å². The highest BCUT2D eigenvalue weighted by Gasteiger charge is 2.04. The summed E-state index contributed by atoms with van der Waals surface area (Å²) < 4.78 is 1.71. The van der Waals surface area contributed by atoms with Gasteiger partial charge in [-0.25, -0.2) is 4.98 Å². The number of carbonyl (C=O) groups is 1. The molecule has 5 nitrogen and oxygen atoms in total. The average molecular weight is 206 g/mol. The van der Waals surface area contributed by atoms with Crippen molar-refractivity contribution in [2.24, 2.45) is 0 Å². The molecule has 1 aromatic carbocycles. The standard InChI is InChI=1S/C10H10N2O3/c13-7-1-2-8-9(5-7)12(6-11-8)4-3-10(14)15/h1-2,5-6,13H,3-4H2,(H,14,15). The van der Waals surface area contributed by atoms with Crippen LogP contribution in [0, 0.1) is 0 Å². The average Bonchev–Trinajstić information content (AvgIpc) is 2.57. The maximum absolute atomic E-state index is 10.4. The lowest BCUT2D eigenvalue weighted by Crippen LogP contribution is -2.03. The number of benzene rings is 1. The van der Waals surface area contributed by atoms with Crippen molar-refractivity contribution in [2.45, 2.75) is 13.0 Å². The highest BCUT2D eigenvalue weighted by Crippen LogP contribution is 2.18. The van der Waals surface area contributed by atoms with E-state index in [1.54, 1.807) is 29.1 Å². The lowest BCUT2D eigenvalue weighted by Gasteiger charge is -2.01. The summed E-state index contributed by atoms with van der Waals surface area (Å²) in [6.45, 7) is 0.356. The number of phenols is 1. The molecule has 0 atom stereocenters. The molecular formula is C10H10N2O3. The monoisotopic (exact) mass is 206 g/mol. The molecule has 0 spiro atoms. The number of aromatic hydroxyl groups is 1. The predicted octanol–water partition coefficient (Wildman–Crippen LogP) is 1.22. The van der Waals surface area contributed by atoms with Crippen molar-refractivity contribution in [2.75, 3.05) is 0 Å². The highest BCUT2D eigenvalue weighted by molar-refractivity contribution is 5.77. The van der Waals surface area contributed by atoms with Crippen LogP contribution in [0.15, 0.2) is 24.5 Å². The van der Waals surface area contributed by atoms with Crippen LogP contribution < -0.4 is 0 Å². The minimum absolute atomic E-state index is 0.0428. The van der Waals surface area contributed by atoms with Crippen LogP contribution in [0.3, 0.4) is 0 Å². The number of nitrogens with zero attached hydrogens (tertiary/aromatic N) is 2. The molecule has 0 amide bonds. The van der Waals surface area contributed by atoms with Crippen LogP contribution in [-0.2, 0) is 11.3 Å². The van der Waals surface area contributed by atoms with E-state index >= 15 is 0 Å². The molecule has 0 aliphatic heterocycles. The van der Waals surface area contributed by atoms with Crippen LogP contribution in [0.2, 0.25) is 0 Å². The van der Waals surface area contributed by atoms with Crippen molar-refractivity contribution in [3.8, 4) is 5.75 Å². The van der Waals surface area contributed by atoms with Crippen molar-refractivity contribution in [1.29, 1.82) is 0 Å². The normalized spacial score (nSPS) is 10.7. The zero-order chi connectivity index (χ0) is 10.8. The van der Waals surface area contributed by atoms with Gasteiger partial charge in [-0.2, -0.15) is 0 Å². The number of hydrogen-bond donors (Lipinski definition) is 2. The van der Waals surface area contributed by atoms with Crippen molar-refractivity contribution in [1.82, 2.24) is 9.55 Å². The number of carboxylic acid groups (broad SMARTS) is 1. The minimum Gasteiger partial charge on any atom is -0.508 e. The number of aryl methyl sites for hydroxylation is 1. The number of fused-ring (bicyclic) bond motifs is 1. The number of phenolic OH excluding ortho intramolecular Hbond substituents is 1. The third-order valence-corrected chi connectivity index (χ3v) is 2.17. The Balaban J connectivity index is 2.35. The van der Waals surface area contributed by atoms with E-state index < -0.39 is 5.97 Å². The van der Waals surface area contributed by atoms with E-state index in [9.17, 15) is 9.90 Å². The fourth-order valence-electron chi connectivity index (χ4n) is 1.44. The first kappa shape index (κ1) is 9.51. The Labute approximate surface area is 85.6 Å². The van der Waals surface area contributed by atoms with Gasteiger partial charge >= 0.3 is 5.97 Å². The second-order valence-electron chi connectivity index (χ2n) is 3.25. The Morgan fingerprint density at radius 1 is 1.47 bits per heavy atom. The van der Waals surface area contributed by atoms with Crippen molar-refractivity contribution >= 4 is 17.0 Å². The lowest BCUT2D eigenvalue weighted by molar-refractivity contribution is -0.137. The molecule has 0 saturated heterocycles. The summed E-state index contributed by atoms with van der Waals surface area (Å²) in [6, 6.07) is 4.82. The molecule has 0 aliphatic carbocycles. The van der Waals surface area contributed by atoms with E-state index in [0.717, 1.165) is 11.0 Å². The maximum atomic E-state index is 10.4. The predicted molar refractivity (Wildman–Crippen MR) is 53.7 cm³/mol. The number of imidazole rings is 1. The van der Waals surface area contributed by atoms with Gasteiger partial charge in [-0.3, -0.25) is 4.79 Å². The number of carboxylic acids is 1. The number of rotatable bonds is 3. The van der Waals surface area contributed by atoms with Gasteiger partial charge in [0.1, 0.15) is 5.75 Å². The maximum Gasteiger partial charge on any atom is 0.305 e. The van der Waals surface area contributed by atoms with Crippen LogP contribution in [0.1, 0.15) is 6.42 Å². The van der Waals surface area contributed by atoms with Gasteiger partial charge in [-0.15, -0.1) is 0 Å². The van der Waals surface area contributed by atoms with E-state index in [2.05, 4.69) is 4.98 Å². The first-order chi connectivity index (χ1) is 7.16. The molecule has 0 bridgehead atoms. The highest BCUT2D eigenvalue weighted by atomic mass is 16.4. The Morgan fingerprint density at radius 2 is 2.27 bits per heavy atom. The Morgan fingerprint density at radius 3 is 3.00 bits per heavy atom. The second-order valence-corrected chi connectivity index (χ2v) is 3.25. The molecule has 1 aromatic heterocycles. The molecule has 1 heterocycles. The Bertz CT molecular complexity index is 504. The van der Waals surface area contributed by atoms with Crippen molar-refractivity contribution < 1.29 is 15.0 Å². The fraction of sp³-hybridized carbons (Fsp3) is 0.200. The first-order valence-electron chi connectivity index (χ1n) is 4.52. The smallest absolute Gasteiger partial charge is 0.305 e. The first-order valence-corrected chi connectivity index (χ1v) is 4.52. The molecule has 0 aliphatic rings. The van der Waals surface area contributed by atoms with Gasteiger partial charge in [0.05, 0.1) is 23.8 Å². The zero-order valence-electron chi connectivity index (χ0n) is 7.92. The molecule has 2 N–H and O–H groups in total. The SMILES string of the molecule is O=C(O)CCn1cnc2ccc(O)cc21. The summed E-state index contributed by atoms with van der Waals surface area (Å²) in [5.41, 5.74) is 1.49. The Hall–Kier alpha value is -2.04. The third kappa shape index (κ3) is 1.90. The number of aromatic nitrogens is 2. The third-order valence-electron chi connectivity index (χ3n) is 2.17. The molecule has 5 heteroatoms. The summed E-state index contributed by atoms with van der Waals surface area (Å²) in [5.74, 6) is -0.698. The van der Waals surface area contributed by atoms with Crippen molar-refractivity contribution in [3.05, 3.63) is 24.5 Å². The molecule has 0 radical (unpaired) electrons. The summed E-state index contributed by atoms with van der Waals surface area (Å²) in [7, 11) is 0. The fourth-order valence-corrected chi connectivity index (χ4v) is 1.44. The summed E-state index contributed by atoms with van der Waals surface area (Å²) in [6.07, 6.45) is 1.62. The molecule has 0 fully saturated rings. The van der Waals surface area contributed by atoms with E-state index in [0.29, 0.717) is 6.54 Å². The van der Waals surface area contributed by atoms with E-state index in [1.807, 2.05) is 0 Å². The van der Waals surface area contributed by atoms with Crippen molar-refractivity contribution in [3.63, 3.8) is 0 Å². The molecule has 78 valence electrons. The van der Waals surface area contributed by atoms with Crippen LogP contribution in [0.5, 0.6) is 5.75 Å². The summed E-state index contributed by atoms with van der Waals surface area (Å²) in [4.78, 5) is 14.5. The van der Waals surface area contributed by atoms with Gasteiger partial charge in [-0.1, -0.05) is 0 Å². The van der Waals surface area contributed by atoms with Gasteiger partial charge in [0.15, 0.2) is 0 Å². The molecule has 0 saturated carbocycles. The topological polar surface area (TPSA) is 75.3 Å². The zero-order valence-corrected chi connectivity index (χ0v) is 7.92. The largest absolute Gasteiger partial charge is 0.508 e. The van der Waals surface area contributed by atoms with E-state index in [1.165, 1.54) is 0 Å². The molecule has 0 unspecified atom stereocenters. The van der Waals surface area contributed by atoms with Gasteiger partial charge in [0, 0.05) is 12.6 Å². The van der Waals surface area contributed by atoms with Gasteiger partial charge in [0.2, 0.25) is 0 Å². The second kappa shape index (κ2) is 3.61. The Kier molecular flexibility index (Phi) is 2.29. The lowest BCUT2D eigenvalue weighted by atomic mass is 10.3. The molecule has 2 rings (SSSR count). The van der Waals surface area contributed by atoms with Gasteiger partial charge < -0.3 is 14.8 Å². The molecule has 15 heavy (non-hydrogen) atoms. The van der Waals surface area contributed by atoms with Gasteiger partial charge in [0.25, 0.3) is 0 Å². The summed E-state index contributed by atoms with van der Waals surface area (Å²) >= 11 is 0. The molecular weight excluding hydrogens is 196 g/mol. The van der Waals surface area contributed by atoms with E-state index in [4.69, 9.17) is 5.11 Å². The summed E-state index contributed by atoms with van der Waals surface area (Å²) in [5, 5.41) is 17.8. The van der Waals surface area contributed by atoms with Crippen LogP contribution in [-0.4, -0.2) is 25.7 Å². The van der Waals surface area contributed by atoms with Crippen LogP contribution >= 0.6 is 0 Å².